The highest BCUT2D eigenvalue weighted by molar-refractivity contribution is 7.99. The Morgan fingerprint density at radius 2 is 2.11 bits per heavy atom. The molecule has 5 heteroatoms. The maximum atomic E-state index is 11.7. The molecule has 1 aliphatic heterocycles. The molecule has 0 saturated carbocycles. The van der Waals surface area contributed by atoms with E-state index in [9.17, 15) is 4.79 Å². The van der Waals surface area contributed by atoms with E-state index in [1.807, 2.05) is 18.3 Å². The summed E-state index contributed by atoms with van der Waals surface area (Å²) in [4.78, 5) is 15.8. The minimum atomic E-state index is -0.227. The molecule has 1 saturated heterocycles. The quantitative estimate of drug-likeness (QED) is 0.621. The number of hydrogen-bond acceptors (Lipinski definition) is 3. The summed E-state index contributed by atoms with van der Waals surface area (Å²) in [5, 5.41) is 8.86. The van der Waals surface area contributed by atoms with Gasteiger partial charge >= 0.3 is 6.03 Å². The highest BCUT2D eigenvalue weighted by Crippen LogP contribution is 2.29. The largest absolute Gasteiger partial charge is 0.333 e. The number of urea groups is 1. The number of thioether (sulfide) groups is 1. The van der Waals surface area contributed by atoms with E-state index in [0.717, 1.165) is 11.3 Å². The number of carbonyl (C=O) groups is 1. The highest BCUT2D eigenvalue weighted by Gasteiger charge is 2.35. The van der Waals surface area contributed by atoms with Gasteiger partial charge in [0.05, 0.1) is 12.6 Å². The van der Waals surface area contributed by atoms with Crippen LogP contribution in [0.25, 0.3) is 0 Å². The Kier molecular flexibility index (Phi) is 3.78. The fourth-order valence-corrected chi connectivity index (χ4v) is 2.72. The highest BCUT2D eigenvalue weighted by atomic mass is 32.2. The second-order valence-electron chi connectivity index (χ2n) is 4.12. The van der Waals surface area contributed by atoms with Crippen LogP contribution in [0.3, 0.4) is 0 Å². The average molecular weight is 261 g/mol. The number of carbonyl (C=O) groups excluding carboxylic acids is 1. The van der Waals surface area contributed by atoms with Gasteiger partial charge in [-0.05, 0) is 23.4 Å². The number of hydrogen-bond donors (Lipinski definition) is 0. The van der Waals surface area contributed by atoms with E-state index < -0.39 is 0 Å². The molecule has 0 aliphatic carbocycles. The van der Waals surface area contributed by atoms with Gasteiger partial charge in [-0.2, -0.15) is 5.26 Å². The average Bonchev–Trinajstić information content (AvgIpc) is 2.68. The van der Waals surface area contributed by atoms with E-state index in [-0.39, 0.29) is 12.1 Å². The van der Waals surface area contributed by atoms with E-state index in [0.29, 0.717) is 6.54 Å². The molecule has 4 nitrogen and oxygen atoms in total. The van der Waals surface area contributed by atoms with Gasteiger partial charge in [-0.3, -0.25) is 0 Å². The maximum absolute atomic E-state index is 11.7. The molecule has 2 rings (SSSR count). The van der Waals surface area contributed by atoms with Gasteiger partial charge in [0.25, 0.3) is 0 Å². The summed E-state index contributed by atoms with van der Waals surface area (Å²) >= 11 is 1.79. The first-order chi connectivity index (χ1) is 8.67. The fraction of sp³-hybridized carbons (Fsp3) is 0.385. The fourth-order valence-electron chi connectivity index (χ4n) is 2.06. The number of amides is 2. The number of rotatable bonds is 3. The number of benzene rings is 1. The summed E-state index contributed by atoms with van der Waals surface area (Å²) in [6, 6.07) is 7.95. The van der Waals surface area contributed by atoms with Crippen LogP contribution in [0.15, 0.2) is 29.2 Å². The van der Waals surface area contributed by atoms with Gasteiger partial charge in [0.2, 0.25) is 0 Å². The van der Waals surface area contributed by atoms with Crippen molar-refractivity contribution < 1.29 is 4.79 Å². The van der Waals surface area contributed by atoms with E-state index >= 15 is 0 Å². The summed E-state index contributed by atoms with van der Waals surface area (Å²) < 4.78 is 0. The first kappa shape index (κ1) is 12.8. The van der Waals surface area contributed by atoms with Crippen molar-refractivity contribution in [2.75, 3.05) is 19.3 Å². The number of nitrogens with zero attached hydrogens (tertiary/aromatic N) is 3. The molecule has 94 valence electrons. The second kappa shape index (κ2) is 5.32. The molecule has 1 atom stereocenters. The Hall–Kier alpha value is -1.67. The van der Waals surface area contributed by atoms with Gasteiger partial charge in [0.15, 0.2) is 6.19 Å². The molecule has 1 aromatic rings. The second-order valence-corrected chi connectivity index (χ2v) is 5.46. The Morgan fingerprint density at radius 3 is 2.61 bits per heavy atom. The standard InChI is InChI=1S/C13H15N3OS/c1-3-18-11-6-4-10(5-7-11)12-8-16(9-14)13(17)15(12)2/h4-7,12H,3,8H2,1-2H3. The van der Waals surface area contributed by atoms with Crippen LogP contribution < -0.4 is 0 Å². The van der Waals surface area contributed by atoms with Gasteiger partial charge < -0.3 is 4.90 Å². The van der Waals surface area contributed by atoms with Crippen molar-refractivity contribution in [2.24, 2.45) is 0 Å². The van der Waals surface area contributed by atoms with Crippen LogP contribution in [0.2, 0.25) is 0 Å². The minimum absolute atomic E-state index is 0.0298. The summed E-state index contributed by atoms with van der Waals surface area (Å²) in [5.74, 6) is 1.05. The molecule has 1 aromatic carbocycles. The zero-order valence-corrected chi connectivity index (χ0v) is 11.3. The molecule has 0 bridgehead atoms. The molecule has 0 spiro atoms. The van der Waals surface area contributed by atoms with Gasteiger partial charge in [0, 0.05) is 11.9 Å². The van der Waals surface area contributed by atoms with Gasteiger partial charge in [0.1, 0.15) is 0 Å². The summed E-state index contributed by atoms with van der Waals surface area (Å²) in [5.41, 5.74) is 1.07. The van der Waals surface area contributed by atoms with Crippen LogP contribution in [0.1, 0.15) is 18.5 Å². The molecular weight excluding hydrogens is 246 g/mol. The molecule has 0 radical (unpaired) electrons. The molecule has 1 fully saturated rings. The summed E-state index contributed by atoms with van der Waals surface area (Å²) in [7, 11) is 1.74. The maximum Gasteiger partial charge on any atom is 0.333 e. The van der Waals surface area contributed by atoms with Crippen molar-refractivity contribution in [2.45, 2.75) is 17.9 Å². The van der Waals surface area contributed by atoms with Crippen LogP contribution in [0, 0.1) is 11.5 Å². The lowest BCUT2D eigenvalue weighted by Gasteiger charge is -2.18. The van der Waals surface area contributed by atoms with Crippen molar-refractivity contribution >= 4 is 17.8 Å². The Labute approximate surface area is 111 Å². The molecular formula is C13H15N3OS. The number of likely N-dealkylation sites (N-methyl/N-ethyl adjacent to an activating group) is 1. The first-order valence-electron chi connectivity index (χ1n) is 5.84. The first-order valence-corrected chi connectivity index (χ1v) is 6.82. The molecule has 1 heterocycles. The normalized spacial score (nSPS) is 19.2. The lowest BCUT2D eigenvalue weighted by molar-refractivity contribution is 0.205. The molecule has 0 aromatic heterocycles. The molecule has 1 unspecified atom stereocenters. The topological polar surface area (TPSA) is 47.3 Å². The third kappa shape index (κ3) is 2.29. The Balaban J connectivity index is 2.17. The van der Waals surface area contributed by atoms with Crippen molar-refractivity contribution in [1.29, 1.82) is 5.26 Å². The van der Waals surface area contributed by atoms with Crippen molar-refractivity contribution in [3.05, 3.63) is 29.8 Å². The zero-order chi connectivity index (χ0) is 13.1. The third-order valence-electron chi connectivity index (χ3n) is 3.05. The van der Waals surface area contributed by atoms with Crippen molar-refractivity contribution in [3.8, 4) is 6.19 Å². The SMILES string of the molecule is CCSc1ccc(C2CN(C#N)C(=O)N2C)cc1. The van der Waals surface area contributed by atoms with Crippen LogP contribution in [-0.4, -0.2) is 35.2 Å². The van der Waals surface area contributed by atoms with Crippen LogP contribution in [0.4, 0.5) is 4.79 Å². The van der Waals surface area contributed by atoms with Crippen molar-refractivity contribution in [3.63, 3.8) is 0 Å². The van der Waals surface area contributed by atoms with E-state index in [1.54, 1.807) is 23.7 Å². The van der Waals surface area contributed by atoms with Gasteiger partial charge in [-0.15, -0.1) is 11.8 Å². The lowest BCUT2D eigenvalue weighted by Crippen LogP contribution is -2.26. The van der Waals surface area contributed by atoms with Crippen LogP contribution in [-0.2, 0) is 0 Å². The van der Waals surface area contributed by atoms with E-state index in [4.69, 9.17) is 5.26 Å². The molecule has 2 amide bonds. The predicted octanol–water partition coefficient (Wildman–Crippen LogP) is 2.69. The Bertz CT molecular complexity index is 480. The minimum Gasteiger partial charge on any atom is -0.318 e. The van der Waals surface area contributed by atoms with Gasteiger partial charge in [-0.25, -0.2) is 9.69 Å². The predicted molar refractivity (Wildman–Crippen MR) is 71.1 cm³/mol. The molecule has 1 aliphatic rings. The molecule has 18 heavy (non-hydrogen) atoms. The van der Waals surface area contributed by atoms with Crippen LogP contribution >= 0.6 is 11.8 Å². The van der Waals surface area contributed by atoms with Crippen molar-refractivity contribution in [1.82, 2.24) is 9.80 Å². The monoisotopic (exact) mass is 261 g/mol. The number of nitriles is 1. The molecule has 0 N–H and O–H groups in total. The van der Waals surface area contributed by atoms with Gasteiger partial charge in [-0.1, -0.05) is 19.1 Å². The Morgan fingerprint density at radius 1 is 1.44 bits per heavy atom. The third-order valence-corrected chi connectivity index (χ3v) is 3.95. The zero-order valence-electron chi connectivity index (χ0n) is 10.5. The summed E-state index contributed by atoms with van der Waals surface area (Å²) in [6.07, 6.45) is 1.91. The van der Waals surface area contributed by atoms with E-state index in [2.05, 4.69) is 19.1 Å². The lowest BCUT2D eigenvalue weighted by atomic mass is 10.1. The summed E-state index contributed by atoms with van der Waals surface area (Å²) in [6.45, 7) is 2.55. The smallest absolute Gasteiger partial charge is 0.318 e. The van der Waals surface area contributed by atoms with Crippen LogP contribution in [0.5, 0.6) is 0 Å². The van der Waals surface area contributed by atoms with E-state index in [1.165, 1.54) is 9.80 Å².